The Morgan fingerprint density at radius 1 is 0.552 bits per heavy atom. The molecule has 5 aromatic rings. The number of aromatic amines is 1. The maximum atomic E-state index is 15.5. The molecular weight excluding hydrogens is 1640 g/mol. The highest BCUT2D eigenvalue weighted by Gasteiger charge is 2.43. The average Bonchev–Trinajstić information content (AvgIpc) is 1.77. The van der Waals surface area contributed by atoms with Crippen LogP contribution in [0, 0.1) is 5.41 Å². The largest absolute Gasteiger partial charge is 0.508 e. The minimum Gasteiger partial charge on any atom is -0.508 e. The van der Waals surface area contributed by atoms with Crippen LogP contribution in [-0.2, 0) is 121 Å². The van der Waals surface area contributed by atoms with Crippen LogP contribution in [0.3, 0.4) is 0 Å². The number of carbonyl (C=O) groups excluding carboxylic acids is 16. The summed E-state index contributed by atoms with van der Waals surface area (Å²) in [4.78, 5) is 267. The Morgan fingerprint density at radius 3 is 1.79 bits per heavy atom. The molecular formula is C82H102N18O25. The van der Waals surface area contributed by atoms with Crippen LogP contribution in [0.25, 0.3) is 10.9 Å². The van der Waals surface area contributed by atoms with E-state index in [4.69, 9.17) is 20.6 Å². The van der Waals surface area contributed by atoms with Crippen LogP contribution in [0.4, 0.5) is 0 Å². The molecule has 43 nitrogen and oxygen atoms in total. The Hall–Kier alpha value is -14.5. The predicted molar refractivity (Wildman–Crippen MR) is 437 cm³/mol. The van der Waals surface area contributed by atoms with Gasteiger partial charge in [-0.15, -0.1) is 0 Å². The first kappa shape index (κ1) is 94.4. The van der Waals surface area contributed by atoms with Crippen molar-refractivity contribution < 1.29 is 121 Å². The molecule has 4 saturated heterocycles. The maximum absolute atomic E-state index is 15.5. The van der Waals surface area contributed by atoms with Gasteiger partial charge in [-0.1, -0.05) is 54.6 Å². The van der Waals surface area contributed by atoms with Gasteiger partial charge in [0.15, 0.2) is 5.96 Å². The summed E-state index contributed by atoms with van der Waals surface area (Å²) in [6, 6.07) is -1.73. The summed E-state index contributed by atoms with van der Waals surface area (Å²) < 4.78 is 11.3. The third kappa shape index (κ3) is 28.9. The zero-order valence-corrected chi connectivity index (χ0v) is 68.0. The number of carboxylic acid groups (broad SMARTS) is 2. The van der Waals surface area contributed by atoms with Gasteiger partial charge in [0.05, 0.1) is 6.42 Å². The first-order chi connectivity index (χ1) is 59.6. The molecule has 4 aliphatic heterocycles. The quantitative estimate of drug-likeness (QED) is 0.0128. The van der Waals surface area contributed by atoms with Crippen molar-refractivity contribution in [2.75, 3.05) is 32.8 Å². The van der Waals surface area contributed by atoms with E-state index in [0.717, 1.165) is 11.8 Å². The van der Waals surface area contributed by atoms with Crippen LogP contribution < -0.4 is 80.2 Å². The number of aliphatic carboxylic acids is 2. The van der Waals surface area contributed by atoms with E-state index in [9.17, 15) is 68.7 Å². The number of esters is 2. The first-order valence-corrected chi connectivity index (χ1v) is 40.5. The van der Waals surface area contributed by atoms with Gasteiger partial charge in [0, 0.05) is 88.6 Å². The first-order valence-electron chi connectivity index (χ1n) is 40.5. The van der Waals surface area contributed by atoms with Crippen molar-refractivity contribution in [3.05, 3.63) is 126 Å². The van der Waals surface area contributed by atoms with Crippen LogP contribution in [0.1, 0.15) is 119 Å². The van der Waals surface area contributed by atoms with Crippen molar-refractivity contribution >= 4 is 123 Å². The summed E-state index contributed by atoms with van der Waals surface area (Å²) >= 11 is 0. The Morgan fingerprint density at radius 2 is 1.14 bits per heavy atom. The standard InChI is InChI=1S/C82H102N18O25/c1-42(101)88-57(34-43-13-19-47(102)20-14-43)74(115)92-55(26-29-66(106)107)73(114)98-62-41-125-68(109)38-59-76(117)94-58(37-46-39-87-51-9-3-2-8-50(46)51)75(116)93-56-27-30-67(108)124-40-63(78(119)95-59)99-79(120)64-12-7-33-100(64)80(121)60(35-44-15-21-48(103)22-16-44)96-70(111)52(89-69(110)53(90-77(62)118)11-6-32-86-82(83)84)10-4-5-31-85-65(105)28-25-54(91-71(56)112)72(113)97-61(81(122)123)36-45-17-23-49(104)24-18-45/h2-3,8-9,13-24,39,52-64,87,102-104H,4-7,10-12,25-38,40-41H2,1H3,(H,85,105)(H,88,101)(H,89,110)(H,90,118)(H,91,112)(H,92,115)(H,93,116)(H,94,117)(H,95,119)(H,96,111)(H,97,113)(H,98,114)(H,99,120)(H,106,107)(H,122,123)(H4,83,84,86). The van der Waals surface area contributed by atoms with E-state index in [1.54, 1.807) is 24.3 Å². The van der Waals surface area contributed by atoms with Crippen LogP contribution in [0.2, 0.25) is 0 Å². The number of rotatable bonds is 23. The summed E-state index contributed by atoms with van der Waals surface area (Å²) in [6.07, 6.45) is -6.98. The number of nitrogens with zero attached hydrogens (tertiary/aromatic N) is 1. The van der Waals surface area contributed by atoms with Gasteiger partial charge in [0.1, 0.15) is 109 Å². The third-order valence-corrected chi connectivity index (χ3v) is 21.0. The van der Waals surface area contributed by atoms with Crippen molar-refractivity contribution in [2.45, 2.75) is 201 Å². The van der Waals surface area contributed by atoms with Crippen LogP contribution in [0.5, 0.6) is 17.2 Å². The molecule has 125 heavy (non-hydrogen) atoms. The highest BCUT2D eigenvalue weighted by atomic mass is 16.5. The highest BCUT2D eigenvalue weighted by Crippen LogP contribution is 2.25. The highest BCUT2D eigenvalue weighted by molar-refractivity contribution is 6.02. The molecule has 14 amide bonds. The normalized spacial score (nSPS) is 22.8. The lowest BCUT2D eigenvalue weighted by Crippen LogP contribution is -2.61. The van der Waals surface area contributed by atoms with E-state index in [1.165, 1.54) is 79.0 Å². The monoisotopic (exact) mass is 1740 g/mol. The number of aromatic nitrogens is 1. The van der Waals surface area contributed by atoms with Crippen molar-refractivity contribution in [2.24, 2.45) is 5.73 Å². The van der Waals surface area contributed by atoms with Gasteiger partial charge in [-0.3, -0.25) is 86.9 Å². The molecule has 4 bridgehead atoms. The Bertz CT molecular complexity index is 4820. The molecule has 1 aromatic heterocycles. The van der Waals surface area contributed by atoms with E-state index in [1.807, 2.05) is 0 Å². The van der Waals surface area contributed by atoms with Gasteiger partial charge in [-0.05, 0) is 129 Å². The molecule has 4 aromatic carbocycles. The number of carbonyl (C=O) groups is 18. The number of benzene rings is 4. The molecule has 670 valence electrons. The zero-order valence-electron chi connectivity index (χ0n) is 68.0. The smallest absolute Gasteiger partial charge is 0.326 e. The molecule has 23 N–H and O–H groups in total. The number of cyclic esters (lactones) is 1. The van der Waals surface area contributed by atoms with E-state index >= 15 is 43.2 Å². The average molecular weight is 1740 g/mol. The fraction of sp³-hybridized carbons (Fsp3) is 0.451. The molecule has 0 radical (unpaired) electrons. The predicted octanol–water partition coefficient (Wildman–Crippen LogP) is -4.04. The summed E-state index contributed by atoms with van der Waals surface area (Å²) in [5.74, 6) is -23.1. The van der Waals surface area contributed by atoms with Gasteiger partial charge < -0.3 is 125 Å². The Labute approximate surface area is 713 Å². The second-order valence-corrected chi connectivity index (χ2v) is 30.5. The van der Waals surface area contributed by atoms with Gasteiger partial charge in [-0.25, -0.2) is 4.79 Å². The van der Waals surface area contributed by atoms with E-state index in [-0.39, 0.29) is 94.7 Å². The molecule has 9 rings (SSSR count). The van der Waals surface area contributed by atoms with Gasteiger partial charge >= 0.3 is 23.9 Å². The lowest BCUT2D eigenvalue weighted by Gasteiger charge is -2.31. The molecule has 13 atom stereocenters. The minimum atomic E-state index is -2.32. The number of fused-ring (bicyclic) bond motifs is 13. The molecule has 4 fully saturated rings. The maximum Gasteiger partial charge on any atom is 0.326 e. The lowest BCUT2D eigenvalue weighted by molar-refractivity contribution is -0.149. The number of phenolic OH excluding ortho intramolecular Hbond substituents is 3. The van der Waals surface area contributed by atoms with Gasteiger partial charge in [-0.2, -0.15) is 0 Å². The fourth-order valence-electron chi connectivity index (χ4n) is 14.4. The lowest BCUT2D eigenvalue weighted by atomic mass is 10.0. The molecule has 5 heterocycles. The second-order valence-electron chi connectivity index (χ2n) is 30.5. The molecule has 0 aliphatic carbocycles. The topological polar surface area (TPSA) is 664 Å². The number of hydrogen-bond donors (Lipinski definition) is 22. The van der Waals surface area contributed by atoms with Gasteiger partial charge in [0.2, 0.25) is 82.7 Å². The van der Waals surface area contributed by atoms with E-state index < -0.39 is 262 Å². The van der Waals surface area contributed by atoms with Crippen molar-refractivity contribution in [1.82, 2.24) is 84.3 Å². The van der Waals surface area contributed by atoms with Crippen LogP contribution in [0.15, 0.2) is 103 Å². The number of guanidine groups is 1. The SMILES string of the molecule is CC(=O)NC(Cc1ccc(O)cc1)C(=O)NC(CCC(=O)O)C(=O)NC1COC(=O)CC2NC(=O)C3COC(=O)CCC(NC(=O)C(Cc4c[nH]c5ccccc45)NC2=O)C(=O)NC(C(=O)NC(Cc2ccc(O)cc2)C(=O)O)CCC(=O)NCCCCC(NC(=O)C(CCCNC(=N)N)NC1=O)C(=O)NC(Cc1ccc(O)cc1)C(=O)N1CCCC1C(=O)N3. The number of aromatic hydroxyl groups is 3. The number of phenols is 3. The molecule has 0 spiro atoms. The van der Waals surface area contributed by atoms with Crippen LogP contribution >= 0.6 is 0 Å². The number of nitrogens with one attached hydrogen (secondary N) is 16. The number of amides is 14. The molecule has 4 aliphatic rings. The zero-order chi connectivity index (χ0) is 90.6. The molecule has 43 heteroatoms. The Balaban J connectivity index is 1.20. The van der Waals surface area contributed by atoms with Crippen LogP contribution in [-0.4, -0.2) is 259 Å². The minimum absolute atomic E-state index is 0.0352. The number of carboxylic acids is 2. The summed E-state index contributed by atoms with van der Waals surface area (Å²) in [5.41, 5.74) is 7.44. The summed E-state index contributed by atoms with van der Waals surface area (Å²) in [6.45, 7) is -2.00. The van der Waals surface area contributed by atoms with E-state index in [2.05, 4.69) is 79.4 Å². The Kier molecular flexibility index (Phi) is 34.3. The molecule has 13 unspecified atom stereocenters. The summed E-state index contributed by atoms with van der Waals surface area (Å²) in [7, 11) is 0. The fourth-order valence-corrected chi connectivity index (χ4v) is 14.4. The number of para-hydroxylation sites is 1. The number of ether oxygens (including phenoxy) is 2. The van der Waals surface area contributed by atoms with Crippen molar-refractivity contribution in [3.63, 3.8) is 0 Å². The van der Waals surface area contributed by atoms with Gasteiger partial charge in [0.25, 0.3) is 0 Å². The van der Waals surface area contributed by atoms with Crippen molar-refractivity contribution in [3.8, 4) is 17.2 Å². The van der Waals surface area contributed by atoms with Crippen molar-refractivity contribution in [1.29, 1.82) is 5.41 Å². The third-order valence-electron chi connectivity index (χ3n) is 21.0. The summed E-state index contributed by atoms with van der Waals surface area (Å²) in [5, 5.41) is 93.9. The second kappa shape index (κ2) is 45.4. The number of nitrogens with two attached hydrogens (primary N) is 1. The van der Waals surface area contributed by atoms with E-state index in [0.29, 0.717) is 33.2 Å². The molecule has 0 saturated carbocycles. The number of H-pyrrole nitrogens is 1. The number of hydrogen-bond acceptors (Lipinski definition) is 24.